The minimum absolute atomic E-state index is 0.0143. The predicted molar refractivity (Wildman–Crippen MR) is 87.3 cm³/mol. The molecule has 0 aliphatic heterocycles. The second-order valence-electron chi connectivity index (χ2n) is 3.89. The molecule has 0 unspecified atom stereocenters. The number of aromatic nitrogens is 1. The molecule has 0 fully saturated rings. The molecule has 9 heteroatoms. The first-order chi connectivity index (χ1) is 9.38. The third kappa shape index (κ3) is 4.01. The molecule has 0 aliphatic rings. The smallest absolute Gasteiger partial charge is 0.244 e. The van der Waals surface area contributed by atoms with Crippen molar-refractivity contribution < 1.29 is 8.42 Å². The van der Waals surface area contributed by atoms with Gasteiger partial charge in [0.1, 0.15) is 10.7 Å². The molecule has 2 heterocycles. The summed E-state index contributed by atoms with van der Waals surface area (Å²) >= 11 is 8.13. The minimum atomic E-state index is -3.65. The Morgan fingerprint density at radius 2 is 2.10 bits per heavy atom. The summed E-state index contributed by atoms with van der Waals surface area (Å²) in [6, 6.07) is 5.33. The molecule has 3 N–H and O–H groups in total. The van der Waals surface area contributed by atoms with Gasteiger partial charge < -0.3 is 5.73 Å². The van der Waals surface area contributed by atoms with E-state index in [4.69, 9.17) is 5.73 Å². The number of nitrogens with one attached hydrogen (secondary N) is 1. The van der Waals surface area contributed by atoms with Crippen molar-refractivity contribution in [2.45, 2.75) is 11.3 Å². The van der Waals surface area contributed by atoms with Crippen LogP contribution in [0.1, 0.15) is 4.88 Å². The molecule has 108 valence electrons. The van der Waals surface area contributed by atoms with Crippen LogP contribution in [0.3, 0.4) is 0 Å². The number of hydrogen-bond acceptors (Lipinski definition) is 5. The van der Waals surface area contributed by atoms with Crippen molar-refractivity contribution >= 4 is 59.0 Å². The van der Waals surface area contributed by atoms with Gasteiger partial charge in [-0.2, -0.15) is 0 Å². The van der Waals surface area contributed by atoms with E-state index in [1.165, 1.54) is 12.3 Å². The van der Waals surface area contributed by atoms with Gasteiger partial charge in [-0.3, -0.25) is 0 Å². The molecular weight excluding hydrogens is 430 g/mol. The van der Waals surface area contributed by atoms with Crippen LogP contribution in [0.4, 0.5) is 5.82 Å². The molecule has 0 bridgehead atoms. The maximum absolute atomic E-state index is 12.1. The molecule has 5 nitrogen and oxygen atoms in total. The molecule has 20 heavy (non-hydrogen) atoms. The highest BCUT2D eigenvalue weighted by molar-refractivity contribution is 9.11. The van der Waals surface area contributed by atoms with Crippen molar-refractivity contribution in [1.29, 1.82) is 0 Å². The number of halogens is 2. The molecule has 0 spiro atoms. The van der Waals surface area contributed by atoms with Gasteiger partial charge in [0.15, 0.2) is 0 Å². The first-order valence-corrected chi connectivity index (χ1v) is 9.42. The highest BCUT2D eigenvalue weighted by Gasteiger charge is 2.18. The average Bonchev–Trinajstić information content (AvgIpc) is 2.78. The zero-order valence-corrected chi connectivity index (χ0v) is 14.9. The Balaban J connectivity index is 2.06. The summed E-state index contributed by atoms with van der Waals surface area (Å²) in [5.74, 6) is -0.0143. The molecule has 0 aliphatic carbocycles. The number of thiophene rings is 1. The van der Waals surface area contributed by atoms with E-state index in [9.17, 15) is 8.42 Å². The summed E-state index contributed by atoms with van der Waals surface area (Å²) in [5, 5.41) is 0. The molecule has 2 aromatic heterocycles. The Morgan fingerprint density at radius 3 is 2.75 bits per heavy atom. The number of anilines is 1. The predicted octanol–water partition coefficient (Wildman–Crippen LogP) is 2.77. The molecule has 0 atom stereocenters. The largest absolute Gasteiger partial charge is 0.383 e. The quantitative estimate of drug-likeness (QED) is 0.748. The van der Waals surface area contributed by atoms with Gasteiger partial charge in [-0.15, -0.1) is 11.3 Å². The van der Waals surface area contributed by atoms with E-state index >= 15 is 0 Å². The van der Waals surface area contributed by atoms with Crippen molar-refractivity contribution in [2.75, 3.05) is 12.3 Å². The number of pyridine rings is 1. The van der Waals surface area contributed by atoms with Crippen LogP contribution in [-0.4, -0.2) is 19.9 Å². The van der Waals surface area contributed by atoms with Crippen LogP contribution in [0.5, 0.6) is 0 Å². The van der Waals surface area contributed by atoms with Crippen molar-refractivity contribution in [3.05, 3.63) is 37.5 Å². The number of hydrogen-bond donors (Lipinski definition) is 2. The van der Waals surface area contributed by atoms with Gasteiger partial charge in [0, 0.05) is 22.1 Å². The lowest BCUT2D eigenvalue weighted by Gasteiger charge is -2.08. The van der Waals surface area contributed by atoms with Gasteiger partial charge in [0.25, 0.3) is 0 Å². The van der Waals surface area contributed by atoms with E-state index in [1.807, 2.05) is 12.1 Å². The lowest BCUT2D eigenvalue weighted by molar-refractivity contribution is 0.582. The summed E-state index contributed by atoms with van der Waals surface area (Å²) < 4.78 is 28.4. The van der Waals surface area contributed by atoms with Crippen molar-refractivity contribution in [2.24, 2.45) is 0 Å². The molecule has 0 amide bonds. The normalized spacial score (nSPS) is 11.7. The van der Waals surface area contributed by atoms with Crippen molar-refractivity contribution in [1.82, 2.24) is 9.71 Å². The highest BCUT2D eigenvalue weighted by Crippen LogP contribution is 2.23. The van der Waals surface area contributed by atoms with E-state index in [1.54, 1.807) is 11.3 Å². The Labute approximate surface area is 137 Å². The van der Waals surface area contributed by atoms with Crippen LogP contribution in [-0.2, 0) is 16.4 Å². The number of rotatable bonds is 5. The van der Waals surface area contributed by atoms with Crippen LogP contribution in [0.25, 0.3) is 0 Å². The molecule has 2 rings (SSSR count). The summed E-state index contributed by atoms with van der Waals surface area (Å²) in [5.41, 5.74) is 5.61. The first-order valence-electron chi connectivity index (χ1n) is 5.53. The highest BCUT2D eigenvalue weighted by atomic mass is 79.9. The Morgan fingerprint density at radius 1 is 1.35 bits per heavy atom. The maximum Gasteiger partial charge on any atom is 0.244 e. The average molecular weight is 441 g/mol. The fraction of sp³-hybridized carbons (Fsp3) is 0.182. The van der Waals surface area contributed by atoms with Crippen LogP contribution >= 0.6 is 43.2 Å². The van der Waals surface area contributed by atoms with Crippen LogP contribution in [0.2, 0.25) is 0 Å². The van der Waals surface area contributed by atoms with Gasteiger partial charge in [0.2, 0.25) is 10.0 Å². The van der Waals surface area contributed by atoms with E-state index in [2.05, 4.69) is 41.6 Å². The number of nitrogens with two attached hydrogens (primary N) is 1. The summed E-state index contributed by atoms with van der Waals surface area (Å²) in [7, 11) is -3.65. The lowest BCUT2D eigenvalue weighted by atomic mass is 10.3. The van der Waals surface area contributed by atoms with Gasteiger partial charge in [0.05, 0.1) is 3.79 Å². The molecular formula is C11H11Br2N3O2S2. The van der Waals surface area contributed by atoms with Crippen LogP contribution in [0, 0.1) is 0 Å². The van der Waals surface area contributed by atoms with Gasteiger partial charge in [-0.1, -0.05) is 0 Å². The van der Waals surface area contributed by atoms with Gasteiger partial charge in [-0.05, 0) is 56.5 Å². The topological polar surface area (TPSA) is 85.1 Å². The Kier molecular flexibility index (Phi) is 5.19. The molecule has 0 aromatic carbocycles. The Bertz CT molecular complexity index is 716. The zero-order valence-electron chi connectivity index (χ0n) is 10.1. The summed E-state index contributed by atoms with van der Waals surface area (Å²) in [6.07, 6.45) is 2.08. The van der Waals surface area contributed by atoms with Crippen LogP contribution in [0.15, 0.2) is 37.6 Å². The fourth-order valence-corrected chi connectivity index (χ4v) is 4.62. The standard InChI is InChI=1S/C11H11Br2N3O2S2/c12-7-5-9(11(14)15-6-7)20(17,18)16-4-3-8-1-2-10(13)19-8/h1-2,5-6,16H,3-4H2,(H2,14,15). The molecule has 2 aromatic rings. The molecule has 0 radical (unpaired) electrons. The van der Waals surface area contributed by atoms with E-state index in [0.29, 0.717) is 17.4 Å². The molecule has 0 saturated carbocycles. The minimum Gasteiger partial charge on any atom is -0.383 e. The van der Waals surface area contributed by atoms with Gasteiger partial charge >= 0.3 is 0 Å². The second kappa shape index (κ2) is 6.52. The monoisotopic (exact) mass is 439 g/mol. The van der Waals surface area contributed by atoms with E-state index < -0.39 is 10.0 Å². The zero-order chi connectivity index (χ0) is 14.8. The summed E-state index contributed by atoms with van der Waals surface area (Å²) in [4.78, 5) is 4.90. The molecule has 0 saturated heterocycles. The maximum atomic E-state index is 12.1. The number of sulfonamides is 1. The second-order valence-corrected chi connectivity index (χ2v) is 9.09. The van der Waals surface area contributed by atoms with Crippen LogP contribution < -0.4 is 10.5 Å². The first kappa shape index (κ1) is 15.9. The number of nitrogen functional groups attached to an aromatic ring is 1. The van der Waals surface area contributed by atoms with Gasteiger partial charge in [-0.25, -0.2) is 18.1 Å². The lowest BCUT2D eigenvalue weighted by Crippen LogP contribution is -2.26. The Hall–Kier alpha value is -0.480. The van der Waals surface area contributed by atoms with E-state index in [-0.39, 0.29) is 10.7 Å². The SMILES string of the molecule is Nc1ncc(Br)cc1S(=O)(=O)NCCc1ccc(Br)s1. The number of nitrogens with zero attached hydrogens (tertiary/aromatic N) is 1. The van der Waals surface area contributed by atoms with Crippen molar-refractivity contribution in [3.63, 3.8) is 0 Å². The van der Waals surface area contributed by atoms with Crippen molar-refractivity contribution in [3.8, 4) is 0 Å². The summed E-state index contributed by atoms with van der Waals surface area (Å²) in [6.45, 7) is 0.307. The third-order valence-corrected chi connectivity index (χ3v) is 6.04. The fourth-order valence-electron chi connectivity index (χ4n) is 1.52. The third-order valence-electron chi connectivity index (χ3n) is 2.43. The van der Waals surface area contributed by atoms with E-state index in [0.717, 1.165) is 8.66 Å².